The lowest BCUT2D eigenvalue weighted by Crippen LogP contribution is -2.50. The van der Waals surface area contributed by atoms with Gasteiger partial charge in [-0.1, -0.05) is 30.3 Å². The van der Waals surface area contributed by atoms with Gasteiger partial charge in [0.2, 0.25) is 5.78 Å². The van der Waals surface area contributed by atoms with Crippen LogP contribution in [-0.4, -0.2) is 103 Å². The number of pyridine rings is 1. The van der Waals surface area contributed by atoms with Gasteiger partial charge in [0.15, 0.2) is 17.0 Å². The Bertz CT molecular complexity index is 2300. The van der Waals surface area contributed by atoms with Crippen LogP contribution in [0.15, 0.2) is 59.4 Å². The van der Waals surface area contributed by atoms with Crippen molar-refractivity contribution in [2.24, 2.45) is 5.92 Å². The average Bonchev–Trinajstić information content (AvgIpc) is 3.61. The van der Waals surface area contributed by atoms with Crippen LogP contribution in [0.25, 0.3) is 10.9 Å². The zero-order valence-corrected chi connectivity index (χ0v) is 35.0. The van der Waals surface area contributed by atoms with E-state index in [9.17, 15) is 19.2 Å². The number of amides is 1. The molecule has 0 bridgehead atoms. The SMILES string of the molecule is COc1c(N2CC3CCCN(C(=O)OC(C)(C)C)C3C2)c(F)cc2c(=O)cc(CCOCCOCCOC(=O)C3CCn4c(C(=O)c5ccccc5)ccc43)n(C3CC3)c12. The summed E-state index contributed by atoms with van der Waals surface area (Å²) in [5, 5.41) is 0.274. The van der Waals surface area contributed by atoms with Crippen molar-refractivity contribution >= 4 is 34.4 Å². The highest BCUT2D eigenvalue weighted by molar-refractivity contribution is 6.08. The number of anilines is 1. The summed E-state index contributed by atoms with van der Waals surface area (Å²) in [4.78, 5) is 56.5. The van der Waals surface area contributed by atoms with Crippen LogP contribution < -0.4 is 15.1 Å². The van der Waals surface area contributed by atoms with Crippen LogP contribution in [0.1, 0.15) is 92.3 Å². The lowest BCUT2D eigenvalue weighted by atomic mass is 9.92. The average molecular weight is 827 g/mol. The second-order valence-corrected chi connectivity index (χ2v) is 17.3. The minimum absolute atomic E-state index is 0.0711. The molecule has 3 atom stereocenters. The van der Waals surface area contributed by atoms with E-state index in [0.717, 1.165) is 37.1 Å². The molecule has 4 aliphatic rings. The van der Waals surface area contributed by atoms with E-state index in [1.54, 1.807) is 29.2 Å². The molecule has 60 heavy (non-hydrogen) atoms. The number of carbonyl (C=O) groups excluding carboxylic acids is 3. The predicted molar refractivity (Wildman–Crippen MR) is 223 cm³/mol. The summed E-state index contributed by atoms with van der Waals surface area (Å²) < 4.78 is 49.1. The molecule has 13 nitrogen and oxygen atoms in total. The molecule has 0 N–H and O–H groups in total. The lowest BCUT2D eigenvalue weighted by molar-refractivity contribution is -0.147. The van der Waals surface area contributed by atoms with E-state index in [-0.39, 0.29) is 59.9 Å². The Morgan fingerprint density at radius 3 is 2.35 bits per heavy atom. The van der Waals surface area contributed by atoms with Crippen LogP contribution in [-0.2, 0) is 36.7 Å². The fraction of sp³-hybridized carbons (Fsp3) is 0.522. The second kappa shape index (κ2) is 17.4. The molecule has 1 saturated carbocycles. The standard InChI is InChI=1S/C46H55FN4O9/c1-46(2,3)60-45(55)50-18-8-11-30-27-48(28-38(30)50)41-35(47)26-34-39(52)25-32(51(31-12-13-31)40(34)43(41)56-4)17-20-57-21-22-58-23-24-59-44(54)33-16-19-49-36(33)14-15-37(49)42(53)29-9-6-5-7-10-29/h5-7,9-10,14-15,25-26,30-31,33,38H,8,11-13,16-24,27-28H2,1-4H3. The molecule has 4 aromatic rings. The summed E-state index contributed by atoms with van der Waals surface area (Å²) in [6.45, 7) is 8.96. The van der Waals surface area contributed by atoms with Crippen molar-refractivity contribution in [3.05, 3.63) is 93.3 Å². The van der Waals surface area contributed by atoms with Crippen LogP contribution in [0, 0.1) is 11.7 Å². The Kier molecular flexibility index (Phi) is 12.0. The first-order valence-electron chi connectivity index (χ1n) is 21.2. The van der Waals surface area contributed by atoms with Gasteiger partial charge < -0.3 is 42.6 Å². The molecule has 2 aromatic carbocycles. The minimum atomic E-state index is -0.623. The van der Waals surface area contributed by atoms with Crippen molar-refractivity contribution in [2.75, 3.05) is 64.7 Å². The zero-order valence-electron chi connectivity index (χ0n) is 35.0. The Hall–Kier alpha value is -5.21. The zero-order chi connectivity index (χ0) is 42.1. The molecule has 5 heterocycles. The first-order valence-corrected chi connectivity index (χ1v) is 21.2. The highest BCUT2D eigenvalue weighted by atomic mass is 19.1. The molecule has 2 aromatic heterocycles. The van der Waals surface area contributed by atoms with E-state index in [1.807, 2.05) is 54.5 Å². The number of ether oxygens (including phenoxy) is 5. The molecule has 2 saturated heterocycles. The maximum Gasteiger partial charge on any atom is 0.410 e. The van der Waals surface area contributed by atoms with E-state index in [0.29, 0.717) is 87.1 Å². The number of nitrogens with zero attached hydrogens (tertiary/aromatic N) is 4. The number of carbonyl (C=O) groups is 3. The number of halogens is 1. The molecular formula is C46H55FN4O9. The van der Waals surface area contributed by atoms with E-state index < -0.39 is 17.3 Å². The van der Waals surface area contributed by atoms with E-state index in [4.69, 9.17) is 23.7 Å². The maximum absolute atomic E-state index is 16.2. The number of hydrogen-bond donors (Lipinski definition) is 0. The summed E-state index contributed by atoms with van der Waals surface area (Å²) >= 11 is 0. The first-order chi connectivity index (χ1) is 28.9. The van der Waals surface area contributed by atoms with Crippen molar-refractivity contribution in [3.8, 4) is 5.75 Å². The van der Waals surface area contributed by atoms with Gasteiger partial charge in [-0.2, -0.15) is 0 Å². The summed E-state index contributed by atoms with van der Waals surface area (Å²) in [7, 11) is 1.52. The highest BCUT2D eigenvalue weighted by Gasteiger charge is 2.44. The van der Waals surface area contributed by atoms with Crippen molar-refractivity contribution in [2.45, 2.75) is 89.4 Å². The number of fused-ring (bicyclic) bond motifs is 3. The number of ketones is 1. The number of likely N-dealkylation sites (tertiary alicyclic amines) is 1. The van der Waals surface area contributed by atoms with Gasteiger partial charge in [0.1, 0.15) is 17.9 Å². The Morgan fingerprint density at radius 2 is 1.62 bits per heavy atom. The van der Waals surface area contributed by atoms with Crippen molar-refractivity contribution in [1.82, 2.24) is 14.0 Å². The summed E-state index contributed by atoms with van der Waals surface area (Å²) in [6, 6.07) is 15.7. The smallest absolute Gasteiger partial charge is 0.410 e. The largest absolute Gasteiger partial charge is 0.492 e. The van der Waals surface area contributed by atoms with Gasteiger partial charge in [0.05, 0.1) is 62.1 Å². The van der Waals surface area contributed by atoms with E-state index in [2.05, 4.69) is 4.57 Å². The number of rotatable bonds is 15. The maximum atomic E-state index is 16.2. The van der Waals surface area contributed by atoms with Crippen molar-refractivity contribution in [3.63, 3.8) is 0 Å². The van der Waals surface area contributed by atoms with Gasteiger partial charge in [0, 0.05) is 61.7 Å². The Balaban J connectivity index is 0.853. The molecule has 14 heteroatoms. The third-order valence-corrected chi connectivity index (χ3v) is 12.0. The molecule has 8 rings (SSSR count). The van der Waals surface area contributed by atoms with E-state index in [1.165, 1.54) is 13.2 Å². The lowest BCUT2D eigenvalue weighted by Gasteiger charge is -2.37. The molecule has 0 spiro atoms. The summed E-state index contributed by atoms with van der Waals surface area (Å²) in [5.41, 5.74) is 2.75. The quantitative estimate of drug-likeness (QED) is 0.0729. The topological polar surface area (TPSA) is 131 Å². The van der Waals surface area contributed by atoms with Gasteiger partial charge in [-0.15, -0.1) is 0 Å². The number of aromatic nitrogens is 2. The highest BCUT2D eigenvalue weighted by Crippen LogP contribution is 2.46. The summed E-state index contributed by atoms with van der Waals surface area (Å²) in [5.74, 6) is -0.876. The molecule has 1 aliphatic carbocycles. The van der Waals surface area contributed by atoms with Crippen LogP contribution in [0.2, 0.25) is 0 Å². The normalized spacial score (nSPS) is 20.0. The molecule has 1 amide bonds. The van der Waals surface area contributed by atoms with Gasteiger partial charge >= 0.3 is 12.1 Å². The van der Waals surface area contributed by atoms with Crippen LogP contribution in [0.4, 0.5) is 14.9 Å². The second-order valence-electron chi connectivity index (χ2n) is 17.3. The number of hydrogen-bond acceptors (Lipinski definition) is 10. The third-order valence-electron chi connectivity index (χ3n) is 12.0. The van der Waals surface area contributed by atoms with Crippen molar-refractivity contribution < 1.29 is 42.5 Å². The Morgan fingerprint density at radius 1 is 0.867 bits per heavy atom. The minimum Gasteiger partial charge on any atom is -0.492 e. The Labute approximate surface area is 349 Å². The van der Waals surface area contributed by atoms with Gasteiger partial charge in [-0.3, -0.25) is 14.4 Å². The number of benzene rings is 2. The molecular weight excluding hydrogens is 772 g/mol. The van der Waals surface area contributed by atoms with E-state index >= 15 is 4.39 Å². The number of methoxy groups -OCH3 is 1. The van der Waals surface area contributed by atoms with Crippen LogP contribution in [0.5, 0.6) is 5.75 Å². The fourth-order valence-electron chi connectivity index (χ4n) is 9.23. The number of piperidine rings is 1. The molecule has 3 fully saturated rings. The fourth-order valence-corrected chi connectivity index (χ4v) is 9.23. The summed E-state index contributed by atoms with van der Waals surface area (Å²) in [6.07, 6.45) is 4.31. The molecule has 0 radical (unpaired) electrons. The van der Waals surface area contributed by atoms with Crippen LogP contribution >= 0.6 is 0 Å². The number of esters is 1. The molecule has 320 valence electrons. The van der Waals surface area contributed by atoms with Crippen molar-refractivity contribution in [1.29, 1.82) is 0 Å². The molecule has 3 aliphatic heterocycles. The van der Waals surface area contributed by atoms with Gasteiger partial charge in [0.25, 0.3) is 0 Å². The monoisotopic (exact) mass is 826 g/mol. The molecule has 3 unspecified atom stereocenters. The third kappa shape index (κ3) is 8.54. The predicted octanol–water partition coefficient (Wildman–Crippen LogP) is 6.66. The van der Waals surface area contributed by atoms with Crippen LogP contribution in [0.3, 0.4) is 0 Å². The van der Waals surface area contributed by atoms with Gasteiger partial charge in [-0.25, -0.2) is 9.18 Å². The first kappa shape index (κ1) is 41.5. The van der Waals surface area contributed by atoms with Gasteiger partial charge in [-0.05, 0) is 77.0 Å².